The summed E-state index contributed by atoms with van der Waals surface area (Å²) in [5.41, 5.74) is 1.26. The van der Waals surface area contributed by atoms with E-state index in [0.29, 0.717) is 12.5 Å². The lowest BCUT2D eigenvalue weighted by Crippen LogP contribution is -2.29. The van der Waals surface area contributed by atoms with E-state index in [-0.39, 0.29) is 11.8 Å². The molecule has 1 atom stereocenters. The molecule has 1 amide bonds. The first kappa shape index (κ1) is 12.1. The molecule has 0 radical (unpaired) electrons. The Kier molecular flexibility index (Phi) is 5.19. The Labute approximate surface area is 95.6 Å². The molecule has 0 spiro atoms. The van der Waals surface area contributed by atoms with Crippen molar-refractivity contribution in [1.29, 1.82) is 0 Å². The van der Waals surface area contributed by atoms with Gasteiger partial charge in [0.2, 0.25) is 5.91 Å². The summed E-state index contributed by atoms with van der Waals surface area (Å²) in [5.74, 6) is 0.301. The Morgan fingerprint density at radius 1 is 1.40 bits per heavy atom. The Hall–Kier alpha value is -1.02. The highest BCUT2D eigenvalue weighted by Gasteiger charge is 2.09. The number of benzene rings is 1. The molecule has 0 saturated carbocycles. The first-order valence-corrected chi connectivity index (χ1v) is 5.69. The number of hydrogen-bond donors (Lipinski definition) is 1. The normalized spacial score (nSPS) is 12.1. The van der Waals surface area contributed by atoms with Crippen molar-refractivity contribution in [3.05, 3.63) is 35.9 Å². The summed E-state index contributed by atoms with van der Waals surface area (Å²) in [4.78, 5) is 11.0. The topological polar surface area (TPSA) is 29.1 Å². The molecular formula is C12H16ClNO. The van der Waals surface area contributed by atoms with Crippen molar-refractivity contribution in [2.75, 3.05) is 12.4 Å². The maximum atomic E-state index is 11.0. The minimum atomic E-state index is -0.106. The summed E-state index contributed by atoms with van der Waals surface area (Å²) >= 11 is 5.41. The zero-order valence-electron chi connectivity index (χ0n) is 8.87. The summed E-state index contributed by atoms with van der Waals surface area (Å²) in [6, 6.07) is 10.2. The fourth-order valence-corrected chi connectivity index (χ4v) is 1.60. The monoisotopic (exact) mass is 225 g/mol. The van der Waals surface area contributed by atoms with E-state index >= 15 is 0 Å². The van der Waals surface area contributed by atoms with Crippen LogP contribution in [0.5, 0.6) is 0 Å². The van der Waals surface area contributed by atoms with E-state index < -0.39 is 0 Å². The molecule has 0 aromatic heterocycles. The molecule has 0 heterocycles. The van der Waals surface area contributed by atoms with Crippen LogP contribution in [-0.4, -0.2) is 18.3 Å². The molecule has 0 aliphatic carbocycles. The SMILES string of the molecule is CC[C@H](CNC(=O)CCl)c1ccccc1. The van der Waals surface area contributed by atoms with Crippen LogP contribution in [0, 0.1) is 0 Å². The van der Waals surface area contributed by atoms with Gasteiger partial charge < -0.3 is 5.32 Å². The quantitative estimate of drug-likeness (QED) is 0.767. The lowest BCUT2D eigenvalue weighted by molar-refractivity contribution is -0.118. The number of hydrogen-bond acceptors (Lipinski definition) is 1. The molecule has 0 fully saturated rings. The average Bonchev–Trinajstić information content (AvgIpc) is 2.31. The summed E-state index contributed by atoms with van der Waals surface area (Å²) in [6.07, 6.45) is 1.01. The van der Waals surface area contributed by atoms with Crippen LogP contribution < -0.4 is 5.32 Å². The van der Waals surface area contributed by atoms with Gasteiger partial charge in [0, 0.05) is 12.5 Å². The van der Waals surface area contributed by atoms with E-state index in [2.05, 4.69) is 24.4 Å². The standard InChI is InChI=1S/C12H16ClNO/c1-2-10(9-14-12(15)8-13)11-6-4-3-5-7-11/h3-7,10H,2,8-9H2,1H3,(H,14,15)/t10-/m1/s1. The predicted octanol–water partition coefficient (Wildman–Crippen LogP) is 2.54. The van der Waals surface area contributed by atoms with E-state index in [1.165, 1.54) is 5.56 Å². The zero-order valence-corrected chi connectivity index (χ0v) is 9.63. The highest BCUT2D eigenvalue weighted by molar-refractivity contribution is 6.27. The van der Waals surface area contributed by atoms with E-state index in [0.717, 1.165) is 6.42 Å². The molecule has 1 rings (SSSR count). The van der Waals surface area contributed by atoms with Crippen molar-refractivity contribution in [1.82, 2.24) is 5.32 Å². The van der Waals surface area contributed by atoms with Gasteiger partial charge >= 0.3 is 0 Å². The number of amides is 1. The largest absolute Gasteiger partial charge is 0.354 e. The fraction of sp³-hybridized carbons (Fsp3) is 0.417. The maximum absolute atomic E-state index is 11.0. The molecule has 1 N–H and O–H groups in total. The minimum absolute atomic E-state index is 0.0330. The molecule has 1 aromatic rings. The van der Waals surface area contributed by atoms with Crippen LogP contribution in [0.2, 0.25) is 0 Å². The van der Waals surface area contributed by atoms with Crippen LogP contribution >= 0.6 is 11.6 Å². The van der Waals surface area contributed by atoms with Gasteiger partial charge in [-0.1, -0.05) is 37.3 Å². The summed E-state index contributed by atoms with van der Waals surface area (Å²) in [5, 5.41) is 2.81. The van der Waals surface area contributed by atoms with Crippen molar-refractivity contribution in [3.8, 4) is 0 Å². The van der Waals surface area contributed by atoms with Gasteiger partial charge in [-0.15, -0.1) is 11.6 Å². The Morgan fingerprint density at radius 3 is 2.60 bits per heavy atom. The van der Waals surface area contributed by atoms with Crippen LogP contribution in [0.25, 0.3) is 0 Å². The van der Waals surface area contributed by atoms with E-state index in [4.69, 9.17) is 11.6 Å². The van der Waals surface area contributed by atoms with Gasteiger partial charge in [-0.3, -0.25) is 4.79 Å². The van der Waals surface area contributed by atoms with Crippen molar-refractivity contribution in [2.45, 2.75) is 19.3 Å². The molecule has 3 heteroatoms. The van der Waals surface area contributed by atoms with Crippen molar-refractivity contribution in [3.63, 3.8) is 0 Å². The molecule has 0 unspecified atom stereocenters. The summed E-state index contributed by atoms with van der Waals surface area (Å²) in [6.45, 7) is 2.77. The molecule has 2 nitrogen and oxygen atoms in total. The maximum Gasteiger partial charge on any atom is 0.234 e. The lowest BCUT2D eigenvalue weighted by atomic mass is 9.96. The van der Waals surface area contributed by atoms with Gasteiger partial charge in [-0.05, 0) is 12.0 Å². The number of alkyl halides is 1. The lowest BCUT2D eigenvalue weighted by Gasteiger charge is -2.15. The van der Waals surface area contributed by atoms with Crippen molar-refractivity contribution in [2.24, 2.45) is 0 Å². The van der Waals surface area contributed by atoms with E-state index in [1.807, 2.05) is 18.2 Å². The number of carbonyl (C=O) groups is 1. The van der Waals surface area contributed by atoms with Gasteiger partial charge in [-0.25, -0.2) is 0 Å². The smallest absolute Gasteiger partial charge is 0.234 e. The van der Waals surface area contributed by atoms with Crippen LogP contribution in [-0.2, 0) is 4.79 Å². The van der Waals surface area contributed by atoms with Crippen molar-refractivity contribution < 1.29 is 4.79 Å². The second-order valence-electron chi connectivity index (χ2n) is 3.45. The third-order valence-electron chi connectivity index (χ3n) is 2.43. The number of halogens is 1. The molecule has 82 valence electrons. The third-order valence-corrected chi connectivity index (χ3v) is 2.67. The Bertz CT molecular complexity index is 300. The highest BCUT2D eigenvalue weighted by atomic mass is 35.5. The summed E-state index contributed by atoms with van der Waals surface area (Å²) < 4.78 is 0. The molecule has 0 saturated heterocycles. The number of rotatable bonds is 5. The molecule has 0 aliphatic heterocycles. The first-order valence-electron chi connectivity index (χ1n) is 5.15. The Morgan fingerprint density at radius 2 is 2.07 bits per heavy atom. The first-order chi connectivity index (χ1) is 7.27. The molecule has 0 bridgehead atoms. The summed E-state index contributed by atoms with van der Waals surface area (Å²) in [7, 11) is 0. The van der Waals surface area contributed by atoms with Gasteiger partial charge in [0.1, 0.15) is 5.88 Å². The molecular weight excluding hydrogens is 210 g/mol. The molecule has 1 aromatic carbocycles. The highest BCUT2D eigenvalue weighted by Crippen LogP contribution is 2.17. The molecule has 15 heavy (non-hydrogen) atoms. The van der Waals surface area contributed by atoms with Crippen molar-refractivity contribution >= 4 is 17.5 Å². The van der Waals surface area contributed by atoms with Gasteiger partial charge in [-0.2, -0.15) is 0 Å². The van der Waals surface area contributed by atoms with Crippen LogP contribution in [0.1, 0.15) is 24.8 Å². The fourth-order valence-electron chi connectivity index (χ4n) is 1.51. The average molecular weight is 226 g/mol. The van der Waals surface area contributed by atoms with E-state index in [9.17, 15) is 4.79 Å². The van der Waals surface area contributed by atoms with Crippen LogP contribution in [0.4, 0.5) is 0 Å². The van der Waals surface area contributed by atoms with Gasteiger partial charge in [0.25, 0.3) is 0 Å². The second-order valence-corrected chi connectivity index (χ2v) is 3.72. The van der Waals surface area contributed by atoms with Crippen LogP contribution in [0.3, 0.4) is 0 Å². The number of nitrogens with one attached hydrogen (secondary N) is 1. The molecule has 0 aliphatic rings. The van der Waals surface area contributed by atoms with Gasteiger partial charge in [0.05, 0.1) is 0 Å². The number of carbonyl (C=O) groups excluding carboxylic acids is 1. The zero-order chi connectivity index (χ0) is 11.1. The van der Waals surface area contributed by atoms with Crippen LogP contribution in [0.15, 0.2) is 30.3 Å². The van der Waals surface area contributed by atoms with Gasteiger partial charge in [0.15, 0.2) is 0 Å². The predicted molar refractivity (Wildman–Crippen MR) is 63.2 cm³/mol. The Balaban J connectivity index is 2.53. The second kappa shape index (κ2) is 6.46. The third kappa shape index (κ3) is 3.92. The van der Waals surface area contributed by atoms with E-state index in [1.54, 1.807) is 0 Å². The minimum Gasteiger partial charge on any atom is -0.354 e.